The van der Waals surface area contributed by atoms with Crippen molar-refractivity contribution in [3.63, 3.8) is 0 Å². The minimum atomic E-state index is -0.432. The first kappa shape index (κ1) is 18.6. The fourth-order valence-electron chi connectivity index (χ4n) is 3.24. The van der Waals surface area contributed by atoms with Crippen LogP contribution in [0.15, 0.2) is 42.5 Å². The largest absolute Gasteiger partial charge is 0.345 e. The van der Waals surface area contributed by atoms with E-state index in [1.165, 1.54) is 0 Å². The van der Waals surface area contributed by atoms with Gasteiger partial charge in [-0.15, -0.1) is 0 Å². The second-order valence-electron chi connectivity index (χ2n) is 6.85. The molecule has 0 radical (unpaired) electrons. The van der Waals surface area contributed by atoms with Crippen molar-refractivity contribution in [2.45, 2.75) is 33.4 Å². The average molecular weight is 365 g/mol. The van der Waals surface area contributed by atoms with Crippen LogP contribution < -0.4 is 10.6 Å². The molecule has 0 bridgehead atoms. The molecular formula is C21H23N3O3. The molecule has 2 aromatic carbocycles. The lowest BCUT2D eigenvalue weighted by atomic mass is 9.99. The third-order valence-corrected chi connectivity index (χ3v) is 4.78. The van der Waals surface area contributed by atoms with Crippen LogP contribution in [0, 0.1) is 13.8 Å². The van der Waals surface area contributed by atoms with Gasteiger partial charge < -0.3 is 10.6 Å². The highest BCUT2D eigenvalue weighted by Crippen LogP contribution is 2.20. The van der Waals surface area contributed by atoms with Crippen LogP contribution in [0.4, 0.5) is 4.79 Å². The first-order valence-electron chi connectivity index (χ1n) is 8.91. The van der Waals surface area contributed by atoms with E-state index < -0.39 is 6.03 Å². The zero-order chi connectivity index (χ0) is 19.6. The van der Waals surface area contributed by atoms with Gasteiger partial charge in [0.2, 0.25) is 5.91 Å². The van der Waals surface area contributed by atoms with Crippen LogP contribution in [-0.2, 0) is 11.3 Å². The van der Waals surface area contributed by atoms with E-state index in [4.69, 9.17) is 0 Å². The van der Waals surface area contributed by atoms with Gasteiger partial charge >= 0.3 is 6.03 Å². The van der Waals surface area contributed by atoms with Crippen LogP contribution in [0.25, 0.3) is 0 Å². The number of urea groups is 1. The number of nitrogens with one attached hydrogen (secondary N) is 2. The molecule has 2 N–H and O–H groups in total. The van der Waals surface area contributed by atoms with Gasteiger partial charge in [-0.3, -0.25) is 14.5 Å². The quantitative estimate of drug-likeness (QED) is 0.800. The third-order valence-electron chi connectivity index (χ3n) is 4.78. The molecule has 27 heavy (non-hydrogen) atoms. The molecular weight excluding hydrogens is 342 g/mol. The highest BCUT2D eigenvalue weighted by molar-refractivity contribution is 6.02. The van der Waals surface area contributed by atoms with Crippen molar-refractivity contribution in [1.29, 1.82) is 0 Å². The Morgan fingerprint density at radius 2 is 1.93 bits per heavy atom. The number of hydrogen-bond acceptors (Lipinski definition) is 3. The third kappa shape index (κ3) is 4.00. The molecule has 0 unspecified atom stereocenters. The summed E-state index contributed by atoms with van der Waals surface area (Å²) in [5, 5.41) is 5.52. The summed E-state index contributed by atoms with van der Waals surface area (Å²) in [6.07, 6.45) is 0. The molecule has 4 amide bonds. The van der Waals surface area contributed by atoms with Gasteiger partial charge in [-0.1, -0.05) is 42.0 Å². The van der Waals surface area contributed by atoms with Gasteiger partial charge in [0.1, 0.15) is 0 Å². The molecule has 1 heterocycles. The molecule has 0 aromatic heterocycles. The molecule has 6 nitrogen and oxygen atoms in total. The van der Waals surface area contributed by atoms with Crippen molar-refractivity contribution in [2.24, 2.45) is 0 Å². The number of rotatable bonds is 5. The van der Waals surface area contributed by atoms with Crippen LogP contribution in [0.3, 0.4) is 0 Å². The number of amides is 4. The number of hydrogen-bond donors (Lipinski definition) is 2. The predicted octanol–water partition coefficient (Wildman–Crippen LogP) is 2.85. The average Bonchev–Trinajstić information content (AvgIpc) is 2.96. The molecule has 0 aliphatic carbocycles. The minimum Gasteiger partial charge on any atom is -0.345 e. The fourth-order valence-corrected chi connectivity index (χ4v) is 3.24. The Kier molecular flexibility index (Phi) is 5.26. The smallest absolute Gasteiger partial charge is 0.324 e. The zero-order valence-corrected chi connectivity index (χ0v) is 15.7. The van der Waals surface area contributed by atoms with E-state index in [1.807, 2.05) is 32.9 Å². The predicted molar refractivity (Wildman–Crippen MR) is 102 cm³/mol. The maximum atomic E-state index is 12.9. The monoisotopic (exact) mass is 365 g/mol. The van der Waals surface area contributed by atoms with E-state index >= 15 is 0 Å². The van der Waals surface area contributed by atoms with Gasteiger partial charge in [0, 0.05) is 5.56 Å². The first-order valence-corrected chi connectivity index (χ1v) is 8.91. The molecule has 1 saturated heterocycles. The number of benzene rings is 2. The van der Waals surface area contributed by atoms with Crippen LogP contribution in [-0.4, -0.2) is 29.3 Å². The number of nitrogens with zero attached hydrogens (tertiary/aromatic N) is 1. The van der Waals surface area contributed by atoms with Crippen LogP contribution >= 0.6 is 0 Å². The van der Waals surface area contributed by atoms with Crippen molar-refractivity contribution in [2.75, 3.05) is 6.54 Å². The second kappa shape index (κ2) is 7.61. The summed E-state index contributed by atoms with van der Waals surface area (Å²) in [6, 6.07) is 12.6. The highest BCUT2D eigenvalue weighted by Gasteiger charge is 2.29. The number of aryl methyl sites for hydroxylation is 2. The van der Waals surface area contributed by atoms with E-state index in [1.54, 1.807) is 24.3 Å². The Labute approximate surface area is 158 Å². The summed E-state index contributed by atoms with van der Waals surface area (Å²) in [5.41, 5.74) is 4.40. The van der Waals surface area contributed by atoms with Gasteiger partial charge in [0.05, 0.1) is 19.1 Å². The Balaban J connectivity index is 1.80. The molecule has 1 aliphatic heterocycles. The molecule has 1 atom stereocenters. The van der Waals surface area contributed by atoms with Gasteiger partial charge in [-0.05, 0) is 43.5 Å². The van der Waals surface area contributed by atoms with Gasteiger partial charge in [0.15, 0.2) is 0 Å². The Morgan fingerprint density at radius 3 is 2.63 bits per heavy atom. The van der Waals surface area contributed by atoms with Crippen molar-refractivity contribution < 1.29 is 14.4 Å². The molecule has 0 saturated carbocycles. The second-order valence-corrected chi connectivity index (χ2v) is 6.85. The lowest BCUT2D eigenvalue weighted by Gasteiger charge is -2.19. The van der Waals surface area contributed by atoms with E-state index in [-0.39, 0.29) is 30.9 Å². The molecule has 1 fully saturated rings. The standard InChI is InChI=1S/C21H23N3O3/c1-13-8-9-14(2)18(10-13)15(3)23-20(26)17-7-5-4-6-16(17)12-24-19(25)11-22-21(24)27/h4-10,15H,11-12H2,1-3H3,(H,22,27)(H,23,26)/t15-/m1/s1. The SMILES string of the molecule is Cc1ccc(C)c([C@@H](C)NC(=O)c2ccccc2CN2C(=O)CNC2=O)c1. The Hall–Kier alpha value is -3.15. The molecule has 3 rings (SSSR count). The number of carbonyl (C=O) groups is 3. The molecule has 6 heteroatoms. The Bertz CT molecular complexity index is 891. The summed E-state index contributed by atoms with van der Waals surface area (Å²) in [7, 11) is 0. The van der Waals surface area contributed by atoms with E-state index in [0.29, 0.717) is 11.1 Å². The van der Waals surface area contributed by atoms with Gasteiger partial charge in [0.25, 0.3) is 5.91 Å². The summed E-state index contributed by atoms with van der Waals surface area (Å²) in [6.45, 7) is 6.05. The maximum Gasteiger partial charge on any atom is 0.324 e. The van der Waals surface area contributed by atoms with E-state index in [0.717, 1.165) is 21.6 Å². The number of imide groups is 1. The number of carbonyl (C=O) groups excluding carboxylic acids is 3. The summed E-state index contributed by atoms with van der Waals surface area (Å²) >= 11 is 0. The molecule has 2 aromatic rings. The zero-order valence-electron chi connectivity index (χ0n) is 15.7. The highest BCUT2D eigenvalue weighted by atomic mass is 16.2. The van der Waals surface area contributed by atoms with Gasteiger partial charge in [-0.25, -0.2) is 4.79 Å². The molecule has 140 valence electrons. The summed E-state index contributed by atoms with van der Waals surface area (Å²) < 4.78 is 0. The van der Waals surface area contributed by atoms with Crippen molar-refractivity contribution >= 4 is 17.8 Å². The topological polar surface area (TPSA) is 78.5 Å². The molecule has 0 spiro atoms. The molecule has 1 aliphatic rings. The van der Waals surface area contributed by atoms with E-state index in [2.05, 4.69) is 16.7 Å². The van der Waals surface area contributed by atoms with Crippen LogP contribution in [0.1, 0.15) is 45.6 Å². The fraction of sp³-hybridized carbons (Fsp3) is 0.286. The van der Waals surface area contributed by atoms with E-state index in [9.17, 15) is 14.4 Å². The summed E-state index contributed by atoms with van der Waals surface area (Å²) in [4.78, 5) is 37.6. The maximum absolute atomic E-state index is 12.9. The van der Waals surface area contributed by atoms with Crippen LogP contribution in [0.2, 0.25) is 0 Å². The normalized spacial score (nSPS) is 14.9. The minimum absolute atomic E-state index is 0.00311. The lowest BCUT2D eigenvalue weighted by Crippen LogP contribution is -2.32. The lowest BCUT2D eigenvalue weighted by molar-refractivity contribution is -0.125. The van der Waals surface area contributed by atoms with Gasteiger partial charge in [-0.2, -0.15) is 0 Å². The van der Waals surface area contributed by atoms with Crippen LogP contribution in [0.5, 0.6) is 0 Å². The van der Waals surface area contributed by atoms with Crippen molar-refractivity contribution in [1.82, 2.24) is 15.5 Å². The Morgan fingerprint density at radius 1 is 1.19 bits per heavy atom. The van der Waals surface area contributed by atoms with Crippen molar-refractivity contribution in [3.05, 3.63) is 70.3 Å². The van der Waals surface area contributed by atoms with Crippen molar-refractivity contribution in [3.8, 4) is 0 Å². The summed E-state index contributed by atoms with van der Waals surface area (Å²) in [5.74, 6) is -0.523. The first-order chi connectivity index (χ1) is 12.9.